The number of benzene rings is 2. The molecule has 1 amide bonds. The largest absolute Gasteiger partial charge is 0.321 e. The number of hydrogen-bond donors (Lipinski definition) is 2. The molecule has 3 N–H and O–H groups in total. The second kappa shape index (κ2) is 8.21. The summed E-state index contributed by atoms with van der Waals surface area (Å²) in [5.41, 5.74) is 2.21. The monoisotopic (exact) mass is 396 g/mol. The molecule has 7 heteroatoms. The molecule has 0 saturated heterocycles. The number of allylic oxidation sites excluding steroid dienone is 3. The van der Waals surface area contributed by atoms with Gasteiger partial charge in [-0.15, -0.1) is 0 Å². The van der Waals surface area contributed by atoms with Gasteiger partial charge in [0.2, 0.25) is 10.0 Å². The smallest absolute Gasteiger partial charge is 0.251 e. The summed E-state index contributed by atoms with van der Waals surface area (Å²) in [7, 11) is -3.94. The molecule has 0 atom stereocenters. The number of amides is 1. The maximum Gasteiger partial charge on any atom is 0.251 e. The summed E-state index contributed by atoms with van der Waals surface area (Å²) < 4.78 is 36.2. The van der Waals surface area contributed by atoms with E-state index in [0.29, 0.717) is 24.0 Å². The van der Waals surface area contributed by atoms with E-state index in [0.717, 1.165) is 5.57 Å². The topological polar surface area (TPSA) is 89.3 Å². The Hall–Kier alpha value is -3.21. The third kappa shape index (κ3) is 4.94. The van der Waals surface area contributed by atoms with Crippen molar-refractivity contribution in [2.75, 3.05) is 5.32 Å². The highest BCUT2D eigenvalue weighted by molar-refractivity contribution is 7.89. The van der Waals surface area contributed by atoms with Crippen LogP contribution in [0.1, 0.15) is 18.4 Å². The van der Waals surface area contributed by atoms with Crippen LogP contribution in [-0.2, 0) is 14.8 Å². The Bertz CT molecular complexity index is 1140. The number of carbonyl (C=O) groups excluding carboxylic acids is 1. The molecule has 2 aromatic rings. The van der Waals surface area contributed by atoms with Gasteiger partial charge in [0.05, 0.1) is 5.69 Å². The average Bonchev–Trinajstić information content (AvgIpc) is 2.67. The van der Waals surface area contributed by atoms with Crippen molar-refractivity contribution in [2.24, 2.45) is 5.14 Å². The van der Waals surface area contributed by atoms with Crippen LogP contribution < -0.4 is 10.5 Å². The van der Waals surface area contributed by atoms with E-state index in [1.54, 1.807) is 30.4 Å². The molecule has 28 heavy (non-hydrogen) atoms. The quantitative estimate of drug-likeness (QED) is 0.782. The number of para-hydroxylation sites is 1. The molecule has 0 radical (unpaired) electrons. The number of anilines is 1. The van der Waals surface area contributed by atoms with Crippen molar-refractivity contribution in [3.05, 3.63) is 83.2 Å². The summed E-state index contributed by atoms with van der Waals surface area (Å²) >= 11 is 0. The molecule has 0 unspecified atom stereocenters. The van der Waals surface area contributed by atoms with Gasteiger partial charge in [-0.2, -0.15) is 0 Å². The maximum absolute atomic E-state index is 12.9. The summed E-state index contributed by atoms with van der Waals surface area (Å²) in [4.78, 5) is 12.3. The van der Waals surface area contributed by atoms with Gasteiger partial charge in [-0.25, -0.2) is 17.9 Å². The lowest BCUT2D eigenvalue weighted by molar-refractivity contribution is -0.113. The molecular weight excluding hydrogens is 379 g/mol. The minimum absolute atomic E-state index is 0.138. The van der Waals surface area contributed by atoms with E-state index in [-0.39, 0.29) is 16.4 Å². The van der Waals surface area contributed by atoms with Crippen LogP contribution in [0.4, 0.5) is 10.1 Å². The third-order valence-corrected chi connectivity index (χ3v) is 5.06. The number of hydrogen-bond acceptors (Lipinski definition) is 3. The highest BCUT2D eigenvalue weighted by Crippen LogP contribution is 2.23. The molecule has 142 valence electrons. The fourth-order valence-electron chi connectivity index (χ4n) is 2.64. The number of carbonyl (C=O) groups is 1. The molecular formula is C21H17FN2O3S. The van der Waals surface area contributed by atoms with Gasteiger partial charge in [-0.05, 0) is 49.2 Å². The van der Waals surface area contributed by atoms with E-state index >= 15 is 0 Å². The molecule has 1 aliphatic carbocycles. The minimum atomic E-state index is -3.94. The minimum Gasteiger partial charge on any atom is -0.321 e. The maximum atomic E-state index is 12.9. The van der Waals surface area contributed by atoms with Crippen LogP contribution in [-0.4, -0.2) is 14.3 Å². The molecule has 1 aliphatic rings. The fraction of sp³-hybridized carbons (Fsp3) is 0.0952. The predicted octanol–water partition coefficient (Wildman–Crippen LogP) is 3.11. The van der Waals surface area contributed by atoms with Gasteiger partial charge in [-0.3, -0.25) is 4.79 Å². The van der Waals surface area contributed by atoms with Crippen molar-refractivity contribution in [1.29, 1.82) is 0 Å². The van der Waals surface area contributed by atoms with Crippen molar-refractivity contribution in [3.63, 3.8) is 0 Å². The number of nitrogens with one attached hydrogen (secondary N) is 1. The Morgan fingerprint density at radius 2 is 1.71 bits per heavy atom. The SMILES string of the molecule is NS(=O)(=O)c1ccccc1NC(=O)C1=CC=C(C#Cc2ccc(F)cc2)CC1. The summed E-state index contributed by atoms with van der Waals surface area (Å²) in [6.07, 6.45) is 4.45. The highest BCUT2D eigenvalue weighted by Gasteiger charge is 2.18. The van der Waals surface area contributed by atoms with Crippen molar-refractivity contribution in [3.8, 4) is 11.8 Å². The van der Waals surface area contributed by atoms with Crippen LogP contribution in [0.25, 0.3) is 0 Å². The van der Waals surface area contributed by atoms with E-state index in [1.807, 2.05) is 0 Å². The first-order valence-corrected chi connectivity index (χ1v) is 9.98. The Balaban J connectivity index is 1.73. The zero-order chi connectivity index (χ0) is 20.1. The van der Waals surface area contributed by atoms with E-state index < -0.39 is 15.9 Å². The Morgan fingerprint density at radius 3 is 2.36 bits per heavy atom. The van der Waals surface area contributed by atoms with Gasteiger partial charge in [0.1, 0.15) is 10.7 Å². The van der Waals surface area contributed by atoms with Crippen LogP contribution in [0.2, 0.25) is 0 Å². The number of nitrogens with two attached hydrogens (primary N) is 1. The molecule has 3 rings (SSSR count). The number of sulfonamides is 1. The first kappa shape index (κ1) is 19.5. The van der Waals surface area contributed by atoms with Gasteiger partial charge < -0.3 is 5.32 Å². The second-order valence-electron chi connectivity index (χ2n) is 6.14. The number of primary sulfonamides is 1. The van der Waals surface area contributed by atoms with E-state index in [2.05, 4.69) is 17.2 Å². The Morgan fingerprint density at radius 1 is 1.00 bits per heavy atom. The summed E-state index contributed by atoms with van der Waals surface area (Å²) in [5, 5.41) is 7.78. The van der Waals surface area contributed by atoms with Gasteiger partial charge in [0.15, 0.2) is 0 Å². The zero-order valence-corrected chi connectivity index (χ0v) is 15.6. The van der Waals surface area contributed by atoms with Crippen LogP contribution >= 0.6 is 0 Å². The molecule has 0 bridgehead atoms. The zero-order valence-electron chi connectivity index (χ0n) is 14.8. The Kier molecular flexibility index (Phi) is 5.73. The highest BCUT2D eigenvalue weighted by atomic mass is 32.2. The first-order valence-electron chi connectivity index (χ1n) is 8.43. The van der Waals surface area contributed by atoms with Gasteiger partial charge in [0.25, 0.3) is 5.91 Å². The van der Waals surface area contributed by atoms with Gasteiger partial charge in [-0.1, -0.05) is 36.1 Å². The summed E-state index contributed by atoms with van der Waals surface area (Å²) in [5.74, 6) is 5.26. The molecule has 5 nitrogen and oxygen atoms in total. The van der Waals surface area contributed by atoms with Crippen LogP contribution in [0.15, 0.2) is 76.7 Å². The lowest BCUT2D eigenvalue weighted by Crippen LogP contribution is -2.20. The van der Waals surface area contributed by atoms with Crippen molar-refractivity contribution >= 4 is 21.6 Å². The van der Waals surface area contributed by atoms with E-state index in [4.69, 9.17) is 5.14 Å². The van der Waals surface area contributed by atoms with Crippen LogP contribution in [0.3, 0.4) is 0 Å². The second-order valence-corrected chi connectivity index (χ2v) is 7.67. The normalized spacial score (nSPS) is 13.6. The molecule has 0 aromatic heterocycles. The summed E-state index contributed by atoms with van der Waals surface area (Å²) in [6.45, 7) is 0. The first-order chi connectivity index (χ1) is 13.3. The van der Waals surface area contributed by atoms with Crippen molar-refractivity contribution in [2.45, 2.75) is 17.7 Å². The molecule has 0 heterocycles. The number of halogens is 1. The van der Waals surface area contributed by atoms with E-state index in [1.165, 1.54) is 30.3 Å². The third-order valence-electron chi connectivity index (χ3n) is 4.09. The molecule has 0 saturated carbocycles. The predicted molar refractivity (Wildman–Crippen MR) is 105 cm³/mol. The van der Waals surface area contributed by atoms with E-state index in [9.17, 15) is 17.6 Å². The molecule has 0 spiro atoms. The van der Waals surface area contributed by atoms with Crippen molar-refractivity contribution in [1.82, 2.24) is 0 Å². The van der Waals surface area contributed by atoms with Crippen molar-refractivity contribution < 1.29 is 17.6 Å². The standard InChI is InChI=1S/C21H17FN2O3S/c22-18-13-9-16(10-14-18)6-5-15-7-11-17(12-8-15)21(25)24-19-3-1-2-4-20(19)28(23,26)27/h1-4,7,9-11,13-14H,8,12H2,(H,24,25)(H2,23,26,27). The molecule has 2 aromatic carbocycles. The fourth-order valence-corrected chi connectivity index (χ4v) is 3.33. The lowest BCUT2D eigenvalue weighted by Gasteiger charge is -2.13. The van der Waals surface area contributed by atoms with Gasteiger partial charge >= 0.3 is 0 Å². The lowest BCUT2D eigenvalue weighted by atomic mass is 9.98. The van der Waals surface area contributed by atoms with Gasteiger partial charge in [0, 0.05) is 16.7 Å². The molecule has 0 fully saturated rings. The molecule has 0 aliphatic heterocycles. The van der Waals surface area contributed by atoms with Crippen LogP contribution in [0.5, 0.6) is 0 Å². The average molecular weight is 396 g/mol. The Labute approximate surface area is 162 Å². The van der Waals surface area contributed by atoms with Crippen LogP contribution in [0, 0.1) is 17.7 Å². The number of rotatable bonds is 3. The summed E-state index contributed by atoms with van der Waals surface area (Å²) in [6, 6.07) is 11.9.